The van der Waals surface area contributed by atoms with Crippen molar-refractivity contribution in [3.05, 3.63) is 60.0 Å². The minimum Gasteiger partial charge on any atom is -0.493 e. The Balaban J connectivity index is 1.39. The van der Waals surface area contributed by atoms with Crippen LogP contribution in [0, 0.1) is 0 Å². The third-order valence-corrected chi connectivity index (χ3v) is 6.00. The monoisotopic (exact) mass is 509 g/mol. The fourth-order valence-electron chi connectivity index (χ4n) is 4.15. The van der Waals surface area contributed by atoms with Crippen LogP contribution in [0.3, 0.4) is 0 Å². The van der Waals surface area contributed by atoms with Gasteiger partial charge in [-0.2, -0.15) is 0 Å². The van der Waals surface area contributed by atoms with Crippen LogP contribution >= 0.6 is 0 Å². The number of oxazole rings is 1. The number of carbonyl (C=O) groups excluding carboxylic acids is 2. The van der Waals surface area contributed by atoms with Crippen molar-refractivity contribution in [3.8, 4) is 5.75 Å². The van der Waals surface area contributed by atoms with E-state index in [1.807, 2.05) is 76.2 Å². The van der Waals surface area contributed by atoms with E-state index >= 15 is 0 Å². The summed E-state index contributed by atoms with van der Waals surface area (Å²) < 4.78 is 22.8. The average molecular weight is 510 g/mol. The maximum absolute atomic E-state index is 12.9. The standard InChI is InChI=1S/C28H35N3O6/c1-5-25-29-23-17-22(11-12-24(23)36-25)34-16-13-21-18-30(14-15-31(21)27(33)37-28(2,3)4)26(32)35-19-20-9-7-6-8-10-20/h6-12,17,21H,5,13-16,18-19H2,1-4H3/t21-/m1/s1. The molecule has 0 unspecified atom stereocenters. The first-order chi connectivity index (χ1) is 17.7. The van der Waals surface area contributed by atoms with Crippen molar-refractivity contribution in [1.82, 2.24) is 14.8 Å². The summed E-state index contributed by atoms with van der Waals surface area (Å²) >= 11 is 0. The van der Waals surface area contributed by atoms with Crippen molar-refractivity contribution < 1.29 is 28.2 Å². The van der Waals surface area contributed by atoms with Crippen molar-refractivity contribution in [2.45, 2.75) is 58.8 Å². The predicted octanol–water partition coefficient (Wildman–Crippen LogP) is 5.42. The summed E-state index contributed by atoms with van der Waals surface area (Å²) in [5, 5.41) is 0. The zero-order valence-corrected chi connectivity index (χ0v) is 21.9. The second-order valence-electron chi connectivity index (χ2n) is 10.0. The van der Waals surface area contributed by atoms with Gasteiger partial charge in [0.25, 0.3) is 0 Å². The Morgan fingerprint density at radius 2 is 1.86 bits per heavy atom. The highest BCUT2D eigenvalue weighted by Gasteiger charge is 2.35. The number of amides is 2. The number of hydrogen-bond donors (Lipinski definition) is 0. The van der Waals surface area contributed by atoms with Crippen LogP contribution in [-0.4, -0.2) is 64.9 Å². The third-order valence-electron chi connectivity index (χ3n) is 6.00. The van der Waals surface area contributed by atoms with Crippen molar-refractivity contribution in [2.24, 2.45) is 0 Å². The molecule has 9 heteroatoms. The van der Waals surface area contributed by atoms with Gasteiger partial charge in [0.15, 0.2) is 11.5 Å². The van der Waals surface area contributed by atoms with E-state index in [1.54, 1.807) is 9.80 Å². The van der Waals surface area contributed by atoms with Gasteiger partial charge in [-0.25, -0.2) is 14.6 Å². The molecule has 0 aliphatic carbocycles. The van der Waals surface area contributed by atoms with Crippen LogP contribution < -0.4 is 4.74 Å². The molecule has 0 bridgehead atoms. The third kappa shape index (κ3) is 7.15. The van der Waals surface area contributed by atoms with Gasteiger partial charge in [-0.05, 0) is 38.5 Å². The summed E-state index contributed by atoms with van der Waals surface area (Å²) in [5.41, 5.74) is 1.77. The number of fused-ring (bicyclic) bond motifs is 1. The summed E-state index contributed by atoms with van der Waals surface area (Å²) in [6.07, 6.45) is 0.434. The van der Waals surface area contributed by atoms with Gasteiger partial charge in [0.05, 0.1) is 12.6 Å². The Kier molecular flexibility index (Phi) is 8.21. The highest BCUT2D eigenvalue weighted by atomic mass is 16.6. The maximum Gasteiger partial charge on any atom is 0.410 e. The summed E-state index contributed by atoms with van der Waals surface area (Å²) in [7, 11) is 0. The Labute approximate surface area is 217 Å². The van der Waals surface area contributed by atoms with E-state index in [1.165, 1.54) is 0 Å². The molecule has 3 aromatic rings. The molecule has 1 aliphatic heterocycles. The van der Waals surface area contributed by atoms with Crippen molar-refractivity contribution in [1.29, 1.82) is 0 Å². The molecular weight excluding hydrogens is 474 g/mol. The molecule has 1 aromatic heterocycles. The van der Waals surface area contributed by atoms with Gasteiger partial charge >= 0.3 is 12.2 Å². The highest BCUT2D eigenvalue weighted by Crippen LogP contribution is 2.23. The molecule has 4 rings (SSSR count). The molecule has 2 aromatic carbocycles. The molecule has 0 saturated carbocycles. The van der Waals surface area contributed by atoms with E-state index in [-0.39, 0.29) is 12.6 Å². The fourth-order valence-corrected chi connectivity index (χ4v) is 4.15. The van der Waals surface area contributed by atoms with Crippen molar-refractivity contribution in [2.75, 3.05) is 26.2 Å². The highest BCUT2D eigenvalue weighted by molar-refractivity contribution is 5.74. The van der Waals surface area contributed by atoms with E-state index < -0.39 is 17.8 Å². The smallest absolute Gasteiger partial charge is 0.410 e. The zero-order chi connectivity index (χ0) is 26.4. The number of piperazine rings is 1. The lowest BCUT2D eigenvalue weighted by molar-refractivity contribution is -0.00614. The second-order valence-corrected chi connectivity index (χ2v) is 10.0. The second kappa shape index (κ2) is 11.5. The van der Waals surface area contributed by atoms with Gasteiger partial charge in [-0.3, -0.25) is 0 Å². The molecule has 9 nitrogen and oxygen atoms in total. The van der Waals surface area contributed by atoms with Crippen molar-refractivity contribution >= 4 is 23.3 Å². The normalized spacial score (nSPS) is 16.1. The fraction of sp³-hybridized carbons (Fsp3) is 0.464. The molecule has 0 spiro atoms. The molecule has 198 valence electrons. The lowest BCUT2D eigenvalue weighted by Gasteiger charge is -2.41. The summed E-state index contributed by atoms with van der Waals surface area (Å²) in [6.45, 7) is 9.10. The molecule has 1 atom stereocenters. The van der Waals surface area contributed by atoms with Gasteiger partial charge in [0.1, 0.15) is 23.5 Å². The Morgan fingerprint density at radius 3 is 2.59 bits per heavy atom. The van der Waals surface area contributed by atoms with Crippen LogP contribution in [0.4, 0.5) is 9.59 Å². The van der Waals surface area contributed by atoms with E-state index in [4.69, 9.17) is 18.6 Å². The van der Waals surface area contributed by atoms with E-state index in [2.05, 4.69) is 4.98 Å². The van der Waals surface area contributed by atoms with E-state index in [9.17, 15) is 9.59 Å². The van der Waals surface area contributed by atoms with Gasteiger partial charge in [-0.1, -0.05) is 37.3 Å². The number of benzene rings is 2. The number of aromatic nitrogens is 1. The van der Waals surface area contributed by atoms with Gasteiger partial charge in [0.2, 0.25) is 0 Å². The first-order valence-corrected chi connectivity index (χ1v) is 12.7. The van der Waals surface area contributed by atoms with Gasteiger partial charge in [-0.15, -0.1) is 0 Å². The number of ether oxygens (including phenoxy) is 3. The molecule has 1 fully saturated rings. The molecule has 37 heavy (non-hydrogen) atoms. The maximum atomic E-state index is 12.9. The summed E-state index contributed by atoms with van der Waals surface area (Å²) in [4.78, 5) is 33.5. The topological polar surface area (TPSA) is 94.3 Å². The van der Waals surface area contributed by atoms with Gasteiger partial charge < -0.3 is 28.4 Å². The number of rotatable bonds is 7. The summed E-state index contributed by atoms with van der Waals surface area (Å²) in [5.74, 6) is 1.35. The van der Waals surface area contributed by atoms with E-state index in [0.717, 1.165) is 23.1 Å². The number of aryl methyl sites for hydroxylation is 1. The first kappa shape index (κ1) is 26.3. The largest absolute Gasteiger partial charge is 0.493 e. The van der Waals surface area contributed by atoms with Crippen LogP contribution in [-0.2, 0) is 22.5 Å². The lowest BCUT2D eigenvalue weighted by Crippen LogP contribution is -2.57. The minimum absolute atomic E-state index is 0.198. The van der Waals surface area contributed by atoms with E-state index in [0.29, 0.717) is 44.3 Å². The molecule has 1 saturated heterocycles. The lowest BCUT2D eigenvalue weighted by atomic mass is 10.1. The first-order valence-electron chi connectivity index (χ1n) is 12.7. The Bertz CT molecular complexity index is 1200. The Morgan fingerprint density at radius 1 is 1.08 bits per heavy atom. The van der Waals surface area contributed by atoms with Crippen LogP contribution in [0.15, 0.2) is 52.9 Å². The van der Waals surface area contributed by atoms with Crippen molar-refractivity contribution in [3.63, 3.8) is 0 Å². The number of hydrogen-bond acceptors (Lipinski definition) is 7. The summed E-state index contributed by atoms with van der Waals surface area (Å²) in [6, 6.07) is 14.8. The minimum atomic E-state index is -0.617. The molecule has 1 aliphatic rings. The van der Waals surface area contributed by atoms with Crippen LogP contribution in [0.25, 0.3) is 11.1 Å². The SMILES string of the molecule is CCc1nc2cc(OCC[C@@H]3CN(C(=O)OCc4ccccc4)CCN3C(=O)OC(C)(C)C)ccc2o1. The number of carbonyl (C=O) groups is 2. The number of nitrogens with zero attached hydrogens (tertiary/aromatic N) is 3. The average Bonchev–Trinajstić information content (AvgIpc) is 3.29. The predicted molar refractivity (Wildman–Crippen MR) is 138 cm³/mol. The Hall–Kier alpha value is -3.75. The molecule has 0 radical (unpaired) electrons. The molecule has 2 amide bonds. The zero-order valence-electron chi connectivity index (χ0n) is 21.9. The van der Waals surface area contributed by atoms with Crippen LogP contribution in [0.2, 0.25) is 0 Å². The van der Waals surface area contributed by atoms with Gasteiger partial charge in [0, 0.05) is 38.5 Å². The quantitative estimate of drug-likeness (QED) is 0.420. The molecule has 0 N–H and O–H groups in total. The van der Waals surface area contributed by atoms with Crippen LogP contribution in [0.1, 0.15) is 45.6 Å². The molecular formula is C28H35N3O6. The van der Waals surface area contributed by atoms with Crippen LogP contribution in [0.5, 0.6) is 5.75 Å². The molecule has 2 heterocycles.